The van der Waals surface area contributed by atoms with Crippen LogP contribution in [0.2, 0.25) is 0 Å². The topological polar surface area (TPSA) is 145 Å². The second-order valence-electron chi connectivity index (χ2n) is 10.3. The fourth-order valence-electron chi connectivity index (χ4n) is 4.56. The molecule has 0 aliphatic rings. The van der Waals surface area contributed by atoms with Gasteiger partial charge in [0, 0.05) is 23.4 Å². The number of nitrogens with zero attached hydrogens (tertiary/aromatic N) is 1. The van der Waals surface area contributed by atoms with Crippen molar-refractivity contribution in [3.63, 3.8) is 0 Å². The van der Waals surface area contributed by atoms with Gasteiger partial charge < -0.3 is 30.8 Å². The molecular weight excluding hydrogens is 645 g/mol. The highest BCUT2D eigenvalue weighted by Gasteiger charge is 2.15. The molecule has 5 aromatic rings. The van der Waals surface area contributed by atoms with E-state index in [4.69, 9.17) is 9.84 Å². The number of aromatic nitrogens is 2. The number of anilines is 2. The van der Waals surface area contributed by atoms with E-state index in [2.05, 4.69) is 41.8 Å². The van der Waals surface area contributed by atoms with Gasteiger partial charge in [0.25, 0.3) is 5.91 Å². The number of ether oxygens (including phenoxy) is 1. The molecule has 230 valence electrons. The molecule has 0 radical (unpaired) electrons. The van der Waals surface area contributed by atoms with Crippen LogP contribution in [0.4, 0.5) is 15.8 Å². The zero-order valence-electron chi connectivity index (χ0n) is 24.3. The summed E-state index contributed by atoms with van der Waals surface area (Å²) >= 11 is 3.38. The number of methoxy groups -OCH3 is 1. The van der Waals surface area contributed by atoms with Crippen molar-refractivity contribution >= 4 is 56.1 Å². The number of benzene rings is 4. The van der Waals surface area contributed by atoms with Gasteiger partial charge in [-0.05, 0) is 94.6 Å². The second-order valence-corrected chi connectivity index (χ2v) is 11.1. The van der Waals surface area contributed by atoms with E-state index in [1.165, 1.54) is 13.0 Å². The number of imidazole rings is 1. The number of amides is 2. The van der Waals surface area contributed by atoms with Crippen LogP contribution in [0.15, 0.2) is 83.3 Å². The third kappa shape index (κ3) is 7.65. The number of hydrogen-bond acceptors (Lipinski definition) is 6. The Hall–Kier alpha value is -5.23. The number of halogens is 2. The summed E-state index contributed by atoms with van der Waals surface area (Å²) in [6, 6.07) is 21.4. The number of nitrogens with one attached hydrogen (secondary N) is 4. The van der Waals surface area contributed by atoms with Crippen LogP contribution in [0.5, 0.6) is 5.75 Å². The Bertz CT molecular complexity index is 1890. The first-order valence-electron chi connectivity index (χ1n) is 13.9. The van der Waals surface area contributed by atoms with Gasteiger partial charge in [-0.25, -0.2) is 9.37 Å². The number of fused-ring (bicyclic) bond motifs is 1. The average Bonchev–Trinajstić information content (AvgIpc) is 3.44. The van der Waals surface area contributed by atoms with Gasteiger partial charge in [0.1, 0.15) is 23.4 Å². The summed E-state index contributed by atoms with van der Waals surface area (Å²) in [6.07, 6.45) is 0.0100. The third-order valence-corrected chi connectivity index (χ3v) is 7.63. The zero-order valence-corrected chi connectivity index (χ0v) is 25.9. The van der Waals surface area contributed by atoms with Gasteiger partial charge in [-0.1, -0.05) is 18.2 Å². The zero-order chi connectivity index (χ0) is 32.1. The average molecular weight is 675 g/mol. The molecule has 0 saturated carbocycles. The molecule has 10 nitrogen and oxygen atoms in total. The summed E-state index contributed by atoms with van der Waals surface area (Å²) in [6.45, 7) is 1.76. The van der Waals surface area contributed by atoms with Crippen LogP contribution in [0.3, 0.4) is 0 Å². The Balaban J connectivity index is 1.18. The van der Waals surface area contributed by atoms with Crippen molar-refractivity contribution < 1.29 is 28.6 Å². The highest BCUT2D eigenvalue weighted by atomic mass is 79.9. The first kappa shape index (κ1) is 31.2. The summed E-state index contributed by atoms with van der Waals surface area (Å²) < 4.78 is 20.9. The molecule has 5 N–H and O–H groups in total. The number of carboxylic acids is 1. The van der Waals surface area contributed by atoms with E-state index in [1.807, 2.05) is 12.1 Å². The van der Waals surface area contributed by atoms with Crippen LogP contribution in [-0.4, -0.2) is 46.0 Å². The van der Waals surface area contributed by atoms with Crippen LogP contribution >= 0.6 is 15.9 Å². The fraction of sp³-hybridized carbons (Fsp3) is 0.152. The van der Waals surface area contributed by atoms with Crippen LogP contribution < -0.4 is 20.7 Å². The number of carbonyl (C=O) groups excluding carboxylic acids is 2. The number of carboxylic acid groups (broad SMARTS) is 1. The summed E-state index contributed by atoms with van der Waals surface area (Å²) in [5, 5.41) is 17.4. The lowest BCUT2D eigenvalue weighted by Crippen LogP contribution is -2.39. The van der Waals surface area contributed by atoms with Gasteiger partial charge in [-0.3, -0.25) is 14.4 Å². The van der Waals surface area contributed by atoms with Crippen LogP contribution in [0.25, 0.3) is 22.4 Å². The molecule has 0 fully saturated rings. The molecule has 45 heavy (non-hydrogen) atoms. The molecule has 0 saturated heterocycles. The predicted octanol–water partition coefficient (Wildman–Crippen LogP) is 6.14. The van der Waals surface area contributed by atoms with Crippen molar-refractivity contribution in [1.29, 1.82) is 0 Å². The number of hydrogen-bond donors (Lipinski definition) is 5. The maximum atomic E-state index is 15.1. The molecule has 5 rings (SSSR count). The van der Waals surface area contributed by atoms with E-state index in [9.17, 15) is 14.4 Å². The Kier molecular flexibility index (Phi) is 9.43. The molecule has 1 aromatic heterocycles. The van der Waals surface area contributed by atoms with Crippen LogP contribution in [0.1, 0.15) is 28.4 Å². The van der Waals surface area contributed by atoms with E-state index >= 15 is 4.39 Å². The highest BCUT2D eigenvalue weighted by molar-refractivity contribution is 9.10. The monoisotopic (exact) mass is 673 g/mol. The van der Waals surface area contributed by atoms with Gasteiger partial charge in [-0.2, -0.15) is 0 Å². The summed E-state index contributed by atoms with van der Waals surface area (Å²) in [5.74, 6) is -1.12. The molecule has 0 bridgehead atoms. The number of rotatable bonds is 11. The van der Waals surface area contributed by atoms with E-state index in [0.29, 0.717) is 61.7 Å². The summed E-state index contributed by atoms with van der Waals surface area (Å²) in [7, 11) is 1.56. The van der Waals surface area contributed by atoms with Crippen molar-refractivity contribution in [2.24, 2.45) is 0 Å². The molecule has 4 aromatic carbocycles. The maximum Gasteiger partial charge on any atom is 0.325 e. The lowest BCUT2D eigenvalue weighted by atomic mass is 10.1. The normalized spacial score (nSPS) is 11.6. The van der Waals surface area contributed by atoms with Crippen molar-refractivity contribution in [1.82, 2.24) is 15.3 Å². The quantitative estimate of drug-likeness (QED) is 0.113. The Morgan fingerprint density at radius 1 is 1.00 bits per heavy atom. The lowest BCUT2D eigenvalue weighted by Gasteiger charge is -2.10. The molecule has 1 heterocycles. The van der Waals surface area contributed by atoms with E-state index in [1.54, 1.807) is 67.8 Å². The van der Waals surface area contributed by atoms with Gasteiger partial charge in [0.15, 0.2) is 0 Å². The molecule has 1 atom stereocenters. The molecular formula is C33H29BrFN5O5. The standard InChI is InChI=1S/C33H29BrFN5O5/c1-18(33(43)44)37-30(41)14-20-5-10-27-28(13-20)40-31(39-27)21-6-11-26(25(35)16-21)36-17-19-3-8-23(9-4-19)38-32(42)22-7-12-29(45-2)24(34)15-22/h3-13,15-16,18,36H,14,17H2,1-2H3,(H,37,41)(H,38,42)(H,39,40)(H,43,44)/t18-/m0/s1. The Morgan fingerprint density at radius 3 is 2.44 bits per heavy atom. The molecule has 0 unspecified atom stereocenters. The second kappa shape index (κ2) is 13.6. The molecule has 0 aliphatic heterocycles. The SMILES string of the molecule is COc1ccc(C(=O)Nc2ccc(CNc3ccc(-c4nc5ccc(CC(=O)N[C@@H](C)C(=O)O)cc5[nH]4)cc3F)cc2)cc1Br. The minimum Gasteiger partial charge on any atom is -0.496 e. The summed E-state index contributed by atoms with van der Waals surface area (Å²) in [5.41, 5.74) is 4.86. The van der Waals surface area contributed by atoms with E-state index in [0.717, 1.165) is 5.56 Å². The minimum atomic E-state index is -1.11. The first-order chi connectivity index (χ1) is 21.6. The van der Waals surface area contributed by atoms with E-state index < -0.39 is 23.7 Å². The smallest absolute Gasteiger partial charge is 0.325 e. The number of aliphatic carboxylic acids is 1. The predicted molar refractivity (Wildman–Crippen MR) is 173 cm³/mol. The number of aromatic amines is 1. The van der Waals surface area contributed by atoms with Gasteiger partial charge in [0.05, 0.1) is 34.7 Å². The lowest BCUT2D eigenvalue weighted by molar-refractivity contribution is -0.141. The number of carbonyl (C=O) groups is 3. The molecule has 0 aliphatic carbocycles. The highest BCUT2D eigenvalue weighted by Crippen LogP contribution is 2.27. The third-order valence-electron chi connectivity index (χ3n) is 7.01. The fourth-order valence-corrected chi connectivity index (χ4v) is 5.10. The Morgan fingerprint density at radius 2 is 1.76 bits per heavy atom. The van der Waals surface area contributed by atoms with Crippen LogP contribution in [0, 0.1) is 5.82 Å². The van der Waals surface area contributed by atoms with Crippen molar-refractivity contribution in [3.05, 3.63) is 106 Å². The van der Waals surface area contributed by atoms with Gasteiger partial charge >= 0.3 is 5.97 Å². The Labute approximate surface area is 266 Å². The number of H-pyrrole nitrogens is 1. The van der Waals surface area contributed by atoms with Crippen molar-refractivity contribution in [3.8, 4) is 17.1 Å². The maximum absolute atomic E-state index is 15.1. The molecule has 2 amide bonds. The van der Waals surface area contributed by atoms with Crippen molar-refractivity contribution in [2.45, 2.75) is 25.9 Å². The molecule has 0 spiro atoms. The largest absolute Gasteiger partial charge is 0.496 e. The van der Waals surface area contributed by atoms with Crippen molar-refractivity contribution in [2.75, 3.05) is 17.7 Å². The minimum absolute atomic E-state index is 0.0100. The van der Waals surface area contributed by atoms with Crippen LogP contribution in [-0.2, 0) is 22.6 Å². The summed E-state index contributed by atoms with van der Waals surface area (Å²) in [4.78, 5) is 43.5. The molecule has 12 heteroatoms. The van der Waals surface area contributed by atoms with E-state index in [-0.39, 0.29) is 12.3 Å². The van der Waals surface area contributed by atoms with Gasteiger partial charge in [0.2, 0.25) is 5.91 Å². The first-order valence-corrected chi connectivity index (χ1v) is 14.7. The van der Waals surface area contributed by atoms with Gasteiger partial charge in [-0.15, -0.1) is 0 Å².